The van der Waals surface area contributed by atoms with Gasteiger partial charge in [-0.3, -0.25) is 0 Å². The summed E-state index contributed by atoms with van der Waals surface area (Å²) in [5.41, 5.74) is 1.78. The highest BCUT2D eigenvalue weighted by Crippen LogP contribution is 2.41. The lowest BCUT2D eigenvalue weighted by molar-refractivity contribution is -0.119. The Balaban J connectivity index is 1.44. The molecule has 0 saturated carbocycles. The Hall–Kier alpha value is -2.08. The van der Waals surface area contributed by atoms with Crippen LogP contribution in [0.5, 0.6) is 11.5 Å². The minimum atomic E-state index is -0.638. The zero-order chi connectivity index (χ0) is 22.2. The molecule has 4 rings (SSSR count). The summed E-state index contributed by atoms with van der Waals surface area (Å²) in [4.78, 5) is 0. The van der Waals surface area contributed by atoms with E-state index in [2.05, 4.69) is 13.8 Å². The van der Waals surface area contributed by atoms with E-state index >= 15 is 0 Å². The molecule has 0 aliphatic carbocycles. The van der Waals surface area contributed by atoms with Gasteiger partial charge in [0.15, 0.2) is 11.5 Å². The molecule has 0 radical (unpaired) electrons. The molecular formula is C24H26Cl2O5. The fourth-order valence-corrected chi connectivity index (χ4v) is 3.92. The predicted molar refractivity (Wildman–Crippen MR) is 120 cm³/mol. The number of ether oxygens (including phenoxy) is 5. The molecule has 2 aromatic carbocycles. The number of epoxide rings is 1. The summed E-state index contributed by atoms with van der Waals surface area (Å²) >= 11 is 13.0. The van der Waals surface area contributed by atoms with E-state index in [1.807, 2.05) is 50.2 Å². The van der Waals surface area contributed by atoms with Gasteiger partial charge in [0.1, 0.15) is 31.3 Å². The van der Waals surface area contributed by atoms with Crippen LogP contribution in [0, 0.1) is 0 Å². The molecule has 0 amide bonds. The van der Waals surface area contributed by atoms with Crippen molar-refractivity contribution >= 4 is 23.2 Å². The zero-order valence-electron chi connectivity index (χ0n) is 18.0. The first-order valence-electron chi connectivity index (χ1n) is 10.2. The summed E-state index contributed by atoms with van der Waals surface area (Å²) in [5, 5.41) is 0.984. The molecule has 2 aromatic rings. The molecule has 5 nitrogen and oxygen atoms in total. The van der Waals surface area contributed by atoms with E-state index in [9.17, 15) is 0 Å². The standard InChI is InChI=1S/C24H26Cl2O5/c1-23(2,16-9-20(25)22(21(26)10-16)29-12-18-11-28-18)15-5-7-17(8-6-15)27-13-19-14-30-24(3,4)31-19/h5-10,14,18H,11-13H2,1-4H3/t18-/m1/s1. The molecule has 2 aliphatic rings. The third-order valence-corrected chi connectivity index (χ3v) is 5.91. The molecule has 1 atom stereocenters. The molecule has 166 valence electrons. The first-order valence-corrected chi connectivity index (χ1v) is 10.9. The topological polar surface area (TPSA) is 49.5 Å². The third kappa shape index (κ3) is 5.22. The molecule has 2 aliphatic heterocycles. The quantitative estimate of drug-likeness (QED) is 0.441. The molecule has 0 spiro atoms. The SMILES string of the molecule is CC1(C)OC=C(COc2ccc(C(C)(C)c3cc(Cl)c(OC[C@H]4CO4)c(Cl)c3)cc2)O1. The van der Waals surface area contributed by atoms with Gasteiger partial charge in [0.05, 0.1) is 16.7 Å². The van der Waals surface area contributed by atoms with Crippen molar-refractivity contribution in [3.63, 3.8) is 0 Å². The van der Waals surface area contributed by atoms with Gasteiger partial charge in [-0.05, 0) is 35.4 Å². The minimum absolute atomic E-state index is 0.138. The van der Waals surface area contributed by atoms with Crippen molar-refractivity contribution < 1.29 is 23.7 Å². The number of halogens is 2. The van der Waals surface area contributed by atoms with Crippen LogP contribution in [0.15, 0.2) is 48.4 Å². The van der Waals surface area contributed by atoms with Crippen LogP contribution >= 0.6 is 23.2 Å². The van der Waals surface area contributed by atoms with E-state index < -0.39 is 5.79 Å². The maximum Gasteiger partial charge on any atom is 0.244 e. The predicted octanol–water partition coefficient (Wildman–Crippen LogP) is 6.10. The zero-order valence-corrected chi connectivity index (χ0v) is 19.5. The van der Waals surface area contributed by atoms with Crippen LogP contribution in [0.4, 0.5) is 0 Å². The normalized spacial score (nSPS) is 19.3. The average Bonchev–Trinajstić information content (AvgIpc) is 3.47. The van der Waals surface area contributed by atoms with E-state index in [1.165, 1.54) is 0 Å². The molecule has 0 bridgehead atoms. The molecule has 0 aromatic heterocycles. The van der Waals surface area contributed by atoms with Gasteiger partial charge in [-0.2, -0.15) is 0 Å². The van der Waals surface area contributed by atoms with Crippen LogP contribution in [0.2, 0.25) is 10.0 Å². The Kier molecular flexibility index (Phi) is 6.03. The van der Waals surface area contributed by atoms with Crippen molar-refractivity contribution in [3.8, 4) is 11.5 Å². The van der Waals surface area contributed by atoms with Crippen LogP contribution in [-0.4, -0.2) is 31.7 Å². The van der Waals surface area contributed by atoms with Crippen LogP contribution in [0.3, 0.4) is 0 Å². The number of hydrogen-bond donors (Lipinski definition) is 0. The van der Waals surface area contributed by atoms with Crippen LogP contribution in [0.25, 0.3) is 0 Å². The molecular weight excluding hydrogens is 439 g/mol. The maximum atomic E-state index is 6.48. The minimum Gasteiger partial charge on any atom is -0.488 e. The lowest BCUT2D eigenvalue weighted by Crippen LogP contribution is -2.21. The lowest BCUT2D eigenvalue weighted by atomic mass is 9.78. The van der Waals surface area contributed by atoms with Gasteiger partial charge >= 0.3 is 0 Å². The first-order chi connectivity index (χ1) is 14.6. The molecule has 0 unspecified atom stereocenters. The summed E-state index contributed by atoms with van der Waals surface area (Å²) in [5.74, 6) is 1.27. The molecule has 1 saturated heterocycles. The third-order valence-electron chi connectivity index (χ3n) is 5.34. The Morgan fingerprint density at radius 3 is 2.23 bits per heavy atom. The summed E-state index contributed by atoms with van der Waals surface area (Å²) in [6.45, 7) is 9.44. The lowest BCUT2D eigenvalue weighted by Gasteiger charge is -2.27. The second-order valence-corrected chi connectivity index (χ2v) is 9.49. The van der Waals surface area contributed by atoms with Crippen molar-refractivity contribution in [3.05, 3.63) is 69.6 Å². The number of hydrogen-bond acceptors (Lipinski definition) is 5. The van der Waals surface area contributed by atoms with Crippen LogP contribution in [-0.2, 0) is 19.6 Å². The van der Waals surface area contributed by atoms with E-state index in [1.54, 1.807) is 6.26 Å². The Morgan fingerprint density at radius 2 is 1.68 bits per heavy atom. The summed E-state index contributed by atoms with van der Waals surface area (Å²) in [6, 6.07) is 11.8. The largest absolute Gasteiger partial charge is 0.488 e. The van der Waals surface area contributed by atoms with Crippen LogP contribution < -0.4 is 9.47 Å². The molecule has 1 fully saturated rings. The van der Waals surface area contributed by atoms with Crippen molar-refractivity contribution in [1.82, 2.24) is 0 Å². The van der Waals surface area contributed by atoms with Gasteiger partial charge in [-0.15, -0.1) is 0 Å². The second-order valence-electron chi connectivity index (χ2n) is 8.68. The Morgan fingerprint density at radius 1 is 1.03 bits per heavy atom. The van der Waals surface area contributed by atoms with Crippen molar-refractivity contribution in [2.75, 3.05) is 19.8 Å². The number of benzene rings is 2. The van der Waals surface area contributed by atoms with E-state index in [4.69, 9.17) is 46.9 Å². The van der Waals surface area contributed by atoms with Crippen molar-refractivity contribution in [2.45, 2.75) is 45.0 Å². The summed E-state index contributed by atoms with van der Waals surface area (Å²) in [6.07, 6.45) is 1.73. The molecule has 7 heteroatoms. The van der Waals surface area contributed by atoms with Crippen LogP contribution in [0.1, 0.15) is 38.8 Å². The summed E-state index contributed by atoms with van der Waals surface area (Å²) in [7, 11) is 0. The first kappa shape index (κ1) is 22.1. The second kappa shape index (κ2) is 8.45. The highest BCUT2D eigenvalue weighted by atomic mass is 35.5. The molecule has 0 N–H and O–H groups in total. The Labute approximate surface area is 192 Å². The Bertz CT molecular complexity index is 955. The molecule has 31 heavy (non-hydrogen) atoms. The fourth-order valence-electron chi connectivity index (χ4n) is 3.32. The van der Waals surface area contributed by atoms with Gasteiger partial charge in [-0.1, -0.05) is 49.2 Å². The van der Waals surface area contributed by atoms with Gasteiger partial charge in [0.2, 0.25) is 5.79 Å². The van der Waals surface area contributed by atoms with Crippen molar-refractivity contribution in [2.24, 2.45) is 0 Å². The van der Waals surface area contributed by atoms with Gasteiger partial charge in [0, 0.05) is 19.3 Å². The smallest absolute Gasteiger partial charge is 0.244 e. The van der Waals surface area contributed by atoms with Crippen molar-refractivity contribution in [1.29, 1.82) is 0 Å². The van der Waals surface area contributed by atoms with E-state index in [-0.39, 0.29) is 11.5 Å². The highest BCUT2D eigenvalue weighted by Gasteiger charge is 2.29. The monoisotopic (exact) mass is 464 g/mol. The fraction of sp³-hybridized carbons (Fsp3) is 0.417. The van der Waals surface area contributed by atoms with Gasteiger partial charge in [-0.25, -0.2) is 0 Å². The highest BCUT2D eigenvalue weighted by molar-refractivity contribution is 6.37. The van der Waals surface area contributed by atoms with E-state index in [0.717, 1.165) is 23.5 Å². The number of rotatable bonds is 8. The van der Waals surface area contributed by atoms with Gasteiger partial charge < -0.3 is 23.7 Å². The molecule has 2 heterocycles. The van der Waals surface area contributed by atoms with E-state index in [0.29, 0.717) is 34.8 Å². The maximum absolute atomic E-state index is 6.48. The average molecular weight is 465 g/mol. The summed E-state index contributed by atoms with van der Waals surface area (Å²) < 4.78 is 27.8. The van der Waals surface area contributed by atoms with Gasteiger partial charge in [0.25, 0.3) is 0 Å².